The van der Waals surface area contributed by atoms with Crippen LogP contribution in [0.15, 0.2) is 30.3 Å². The van der Waals surface area contributed by atoms with E-state index in [1.165, 1.54) is 0 Å². The monoisotopic (exact) mass is 300 g/mol. The zero-order valence-corrected chi connectivity index (χ0v) is 13.0. The van der Waals surface area contributed by atoms with Crippen molar-refractivity contribution in [2.75, 3.05) is 19.8 Å². The van der Waals surface area contributed by atoms with E-state index in [9.17, 15) is 4.79 Å². The van der Waals surface area contributed by atoms with Gasteiger partial charge in [0.05, 0.1) is 0 Å². The maximum atomic E-state index is 12.1. The number of hydrogen-bond acceptors (Lipinski definition) is 3. The molecule has 114 valence electrons. The van der Waals surface area contributed by atoms with Crippen LogP contribution in [0, 0.1) is 0 Å². The molecule has 1 rings (SSSR count). The largest absolute Gasteiger partial charge is 0.382 e. The zero-order chi connectivity index (χ0) is 14.1. The summed E-state index contributed by atoms with van der Waals surface area (Å²) in [5, 5.41) is 2.88. The lowest BCUT2D eigenvalue weighted by Crippen LogP contribution is -2.49. The minimum absolute atomic E-state index is 0. The van der Waals surface area contributed by atoms with Crippen molar-refractivity contribution in [2.24, 2.45) is 5.73 Å². The van der Waals surface area contributed by atoms with Crippen molar-refractivity contribution in [1.29, 1.82) is 0 Å². The highest BCUT2D eigenvalue weighted by Gasteiger charge is 2.29. The van der Waals surface area contributed by atoms with Crippen molar-refractivity contribution in [1.82, 2.24) is 5.32 Å². The molecule has 0 radical (unpaired) electrons. The van der Waals surface area contributed by atoms with Crippen LogP contribution in [0.5, 0.6) is 0 Å². The number of unbranched alkanes of at least 4 members (excludes halogenated alkanes) is 1. The molecule has 20 heavy (non-hydrogen) atoms. The van der Waals surface area contributed by atoms with Crippen molar-refractivity contribution in [3.05, 3.63) is 35.9 Å². The lowest BCUT2D eigenvalue weighted by molar-refractivity contribution is -0.126. The van der Waals surface area contributed by atoms with Gasteiger partial charge in [-0.3, -0.25) is 4.79 Å². The van der Waals surface area contributed by atoms with E-state index >= 15 is 0 Å². The number of hydrogen-bond donors (Lipinski definition) is 2. The Balaban J connectivity index is 0.00000361. The van der Waals surface area contributed by atoms with Crippen molar-refractivity contribution in [3.63, 3.8) is 0 Å². The molecule has 0 aliphatic rings. The summed E-state index contributed by atoms with van der Waals surface area (Å²) in [7, 11) is 0. The summed E-state index contributed by atoms with van der Waals surface area (Å²) >= 11 is 0. The van der Waals surface area contributed by atoms with Crippen molar-refractivity contribution >= 4 is 18.3 Å². The van der Waals surface area contributed by atoms with Crippen LogP contribution in [0.1, 0.15) is 32.3 Å². The van der Waals surface area contributed by atoms with Gasteiger partial charge in [0.2, 0.25) is 5.91 Å². The quantitative estimate of drug-likeness (QED) is 0.724. The third kappa shape index (κ3) is 5.90. The van der Waals surface area contributed by atoms with Gasteiger partial charge >= 0.3 is 0 Å². The Morgan fingerprint density at radius 3 is 2.55 bits per heavy atom. The number of benzene rings is 1. The summed E-state index contributed by atoms with van der Waals surface area (Å²) in [6.07, 6.45) is 1.84. The summed E-state index contributed by atoms with van der Waals surface area (Å²) in [5.41, 5.74) is 5.94. The molecule has 5 heteroatoms. The minimum atomic E-state index is -0.985. The van der Waals surface area contributed by atoms with E-state index in [1.807, 2.05) is 37.3 Å². The molecular formula is C15H25ClN2O2. The molecule has 0 heterocycles. The fraction of sp³-hybridized carbons (Fsp3) is 0.533. The van der Waals surface area contributed by atoms with Crippen LogP contribution >= 0.6 is 12.4 Å². The van der Waals surface area contributed by atoms with Gasteiger partial charge in [0.15, 0.2) is 0 Å². The Kier molecular flexibility index (Phi) is 9.21. The predicted molar refractivity (Wildman–Crippen MR) is 84.0 cm³/mol. The van der Waals surface area contributed by atoms with E-state index < -0.39 is 5.54 Å². The molecule has 0 saturated carbocycles. The lowest BCUT2D eigenvalue weighted by atomic mass is 9.92. The van der Waals surface area contributed by atoms with Crippen LogP contribution in [0.2, 0.25) is 0 Å². The Labute approximate surface area is 127 Å². The second-order valence-electron chi connectivity index (χ2n) is 4.73. The van der Waals surface area contributed by atoms with E-state index in [0.717, 1.165) is 31.6 Å². The van der Waals surface area contributed by atoms with Crippen molar-refractivity contribution < 1.29 is 9.53 Å². The van der Waals surface area contributed by atoms with Gasteiger partial charge in [0, 0.05) is 19.8 Å². The third-order valence-electron chi connectivity index (χ3n) is 3.05. The molecule has 1 aromatic rings. The third-order valence-corrected chi connectivity index (χ3v) is 3.05. The molecule has 0 fully saturated rings. The number of halogens is 1. The number of amides is 1. The fourth-order valence-electron chi connectivity index (χ4n) is 1.77. The van der Waals surface area contributed by atoms with Gasteiger partial charge in [-0.15, -0.1) is 12.4 Å². The highest BCUT2D eigenvalue weighted by Crippen LogP contribution is 2.17. The van der Waals surface area contributed by atoms with Crippen LogP contribution in [-0.2, 0) is 15.1 Å². The first-order chi connectivity index (χ1) is 9.09. The van der Waals surface area contributed by atoms with Crippen LogP contribution in [-0.4, -0.2) is 25.7 Å². The molecule has 1 atom stereocenters. The fourth-order valence-corrected chi connectivity index (χ4v) is 1.77. The Hall–Kier alpha value is -1.10. The van der Waals surface area contributed by atoms with E-state index in [-0.39, 0.29) is 18.3 Å². The number of carbonyl (C=O) groups excluding carboxylic acids is 1. The zero-order valence-electron chi connectivity index (χ0n) is 12.2. The molecular weight excluding hydrogens is 276 g/mol. The molecule has 3 N–H and O–H groups in total. The van der Waals surface area contributed by atoms with E-state index in [2.05, 4.69) is 5.32 Å². The summed E-state index contributed by atoms with van der Waals surface area (Å²) in [4.78, 5) is 12.1. The molecule has 0 saturated heterocycles. The van der Waals surface area contributed by atoms with Gasteiger partial charge in [-0.05, 0) is 32.3 Å². The lowest BCUT2D eigenvalue weighted by Gasteiger charge is -2.24. The van der Waals surface area contributed by atoms with Crippen molar-refractivity contribution in [2.45, 2.75) is 32.2 Å². The second-order valence-corrected chi connectivity index (χ2v) is 4.73. The number of carbonyl (C=O) groups is 1. The minimum Gasteiger partial charge on any atom is -0.382 e. The molecule has 0 aliphatic carbocycles. The molecule has 0 aromatic heterocycles. The highest BCUT2D eigenvalue weighted by molar-refractivity contribution is 5.86. The van der Waals surface area contributed by atoms with Gasteiger partial charge in [-0.2, -0.15) is 0 Å². The number of nitrogens with one attached hydrogen (secondary N) is 1. The maximum absolute atomic E-state index is 12.1. The van der Waals surface area contributed by atoms with Gasteiger partial charge in [-0.1, -0.05) is 30.3 Å². The molecule has 0 bridgehead atoms. The first-order valence-corrected chi connectivity index (χ1v) is 6.79. The summed E-state index contributed by atoms with van der Waals surface area (Å²) in [5.74, 6) is -0.143. The molecule has 1 unspecified atom stereocenters. The summed E-state index contributed by atoms with van der Waals surface area (Å²) in [6.45, 7) is 5.82. The molecule has 0 aliphatic heterocycles. The molecule has 1 amide bonds. The standard InChI is InChI=1S/C15H24N2O2.ClH/c1-3-19-12-8-7-11-17-14(18)15(2,16)13-9-5-4-6-10-13;/h4-6,9-10H,3,7-8,11-12,16H2,1-2H3,(H,17,18);1H. The van der Waals surface area contributed by atoms with Gasteiger partial charge in [-0.25, -0.2) is 0 Å². The topological polar surface area (TPSA) is 64.3 Å². The average molecular weight is 301 g/mol. The number of rotatable bonds is 8. The first kappa shape index (κ1) is 18.9. The normalized spacial score (nSPS) is 13.2. The molecule has 1 aromatic carbocycles. The van der Waals surface area contributed by atoms with Gasteiger partial charge in [0.1, 0.15) is 5.54 Å². The Bertz CT molecular complexity index is 383. The van der Waals surface area contributed by atoms with Crippen LogP contribution in [0.3, 0.4) is 0 Å². The van der Waals surface area contributed by atoms with E-state index in [0.29, 0.717) is 6.54 Å². The summed E-state index contributed by atoms with van der Waals surface area (Å²) in [6, 6.07) is 9.42. The van der Waals surface area contributed by atoms with E-state index in [4.69, 9.17) is 10.5 Å². The average Bonchev–Trinajstić information content (AvgIpc) is 2.43. The Morgan fingerprint density at radius 2 is 1.95 bits per heavy atom. The smallest absolute Gasteiger partial charge is 0.244 e. The van der Waals surface area contributed by atoms with Gasteiger partial charge < -0.3 is 15.8 Å². The van der Waals surface area contributed by atoms with Gasteiger partial charge in [0.25, 0.3) is 0 Å². The van der Waals surface area contributed by atoms with E-state index in [1.54, 1.807) is 6.92 Å². The second kappa shape index (κ2) is 9.75. The number of ether oxygens (including phenoxy) is 1. The summed E-state index contributed by atoms with van der Waals surface area (Å²) < 4.78 is 5.24. The van der Waals surface area contributed by atoms with Crippen LogP contribution in [0.4, 0.5) is 0 Å². The van der Waals surface area contributed by atoms with Crippen LogP contribution < -0.4 is 11.1 Å². The first-order valence-electron chi connectivity index (χ1n) is 6.79. The molecule has 0 spiro atoms. The number of nitrogens with two attached hydrogens (primary N) is 1. The Morgan fingerprint density at radius 1 is 1.30 bits per heavy atom. The van der Waals surface area contributed by atoms with Crippen molar-refractivity contribution in [3.8, 4) is 0 Å². The maximum Gasteiger partial charge on any atom is 0.244 e. The molecule has 4 nitrogen and oxygen atoms in total. The highest BCUT2D eigenvalue weighted by atomic mass is 35.5. The predicted octanol–water partition coefficient (Wildman–Crippen LogP) is 2.22. The SMILES string of the molecule is CCOCCCCNC(=O)C(C)(N)c1ccccc1.Cl. The van der Waals surface area contributed by atoms with Crippen LogP contribution in [0.25, 0.3) is 0 Å².